The van der Waals surface area contributed by atoms with Crippen molar-refractivity contribution in [3.8, 4) is 0 Å². The zero-order valence-corrected chi connectivity index (χ0v) is 8.12. The topological polar surface area (TPSA) is 46.5 Å². The lowest BCUT2D eigenvalue weighted by molar-refractivity contribution is -0.139. The second kappa shape index (κ2) is 2.71. The van der Waals surface area contributed by atoms with Gasteiger partial charge in [-0.05, 0) is 18.3 Å². The second-order valence-electron chi connectivity index (χ2n) is 4.71. The zero-order valence-electron chi connectivity index (χ0n) is 8.12. The van der Waals surface area contributed by atoms with Crippen LogP contribution in [0.25, 0.3) is 0 Å². The predicted molar refractivity (Wildman–Crippen MR) is 47.4 cm³/mol. The molecule has 0 aromatic carbocycles. The Labute approximate surface area is 78.1 Å². The Morgan fingerprint density at radius 1 is 1.54 bits per heavy atom. The normalized spacial score (nSPS) is 41.8. The average Bonchev–Trinajstić information content (AvgIpc) is 2.50. The molecule has 1 aliphatic carbocycles. The summed E-state index contributed by atoms with van der Waals surface area (Å²) in [4.78, 5) is 10.9. The standard InChI is InChI=1S/C10H16O3/c1-10(2)7(8(10)9(11)12)6-4-3-5-13-6/h6-8H,3-5H2,1-2H3,(H,11,12). The van der Waals surface area contributed by atoms with Gasteiger partial charge in [-0.25, -0.2) is 0 Å². The summed E-state index contributed by atoms with van der Waals surface area (Å²) in [5.41, 5.74) is -0.0547. The van der Waals surface area contributed by atoms with Crippen LogP contribution in [0.15, 0.2) is 0 Å². The number of aliphatic carboxylic acids is 1. The van der Waals surface area contributed by atoms with Crippen LogP contribution in [0.4, 0.5) is 0 Å². The highest BCUT2D eigenvalue weighted by Crippen LogP contribution is 2.61. The van der Waals surface area contributed by atoms with Crippen LogP contribution in [-0.4, -0.2) is 23.8 Å². The Hall–Kier alpha value is -0.570. The monoisotopic (exact) mass is 184 g/mol. The van der Waals surface area contributed by atoms with E-state index in [1.807, 2.05) is 13.8 Å². The molecule has 1 heterocycles. The maximum Gasteiger partial charge on any atom is 0.307 e. The molecule has 0 bridgehead atoms. The summed E-state index contributed by atoms with van der Waals surface area (Å²) in [6.07, 6.45) is 2.33. The molecule has 0 amide bonds. The molecule has 0 radical (unpaired) electrons. The molecule has 1 saturated heterocycles. The first kappa shape index (κ1) is 9.00. The van der Waals surface area contributed by atoms with Gasteiger partial charge in [-0.15, -0.1) is 0 Å². The van der Waals surface area contributed by atoms with Crippen molar-refractivity contribution in [3.05, 3.63) is 0 Å². The summed E-state index contributed by atoms with van der Waals surface area (Å²) < 4.78 is 5.53. The lowest BCUT2D eigenvalue weighted by atomic mass is 10.0. The second-order valence-corrected chi connectivity index (χ2v) is 4.71. The molecule has 13 heavy (non-hydrogen) atoms. The van der Waals surface area contributed by atoms with Crippen LogP contribution in [0.1, 0.15) is 26.7 Å². The molecule has 0 aromatic rings. The van der Waals surface area contributed by atoms with Gasteiger partial charge in [0.05, 0.1) is 12.0 Å². The fourth-order valence-corrected chi connectivity index (χ4v) is 2.73. The summed E-state index contributed by atoms with van der Waals surface area (Å²) in [5, 5.41) is 8.96. The third kappa shape index (κ3) is 1.26. The molecular weight excluding hydrogens is 168 g/mol. The number of carboxylic acid groups (broad SMARTS) is 1. The van der Waals surface area contributed by atoms with Crippen LogP contribution in [0.2, 0.25) is 0 Å². The average molecular weight is 184 g/mol. The highest BCUT2D eigenvalue weighted by molar-refractivity contribution is 5.75. The van der Waals surface area contributed by atoms with E-state index >= 15 is 0 Å². The maximum atomic E-state index is 10.9. The summed E-state index contributed by atoms with van der Waals surface area (Å²) in [6, 6.07) is 0. The zero-order chi connectivity index (χ0) is 9.64. The molecule has 2 aliphatic rings. The number of carbonyl (C=O) groups is 1. The molecule has 3 unspecified atom stereocenters. The van der Waals surface area contributed by atoms with Gasteiger partial charge in [-0.3, -0.25) is 4.79 Å². The van der Waals surface area contributed by atoms with Gasteiger partial charge in [-0.2, -0.15) is 0 Å². The van der Waals surface area contributed by atoms with Crippen molar-refractivity contribution in [2.45, 2.75) is 32.8 Å². The van der Waals surface area contributed by atoms with Crippen molar-refractivity contribution in [1.82, 2.24) is 0 Å². The highest BCUT2D eigenvalue weighted by Gasteiger charge is 2.65. The van der Waals surface area contributed by atoms with Gasteiger partial charge >= 0.3 is 5.97 Å². The molecule has 1 saturated carbocycles. The molecule has 2 rings (SSSR count). The van der Waals surface area contributed by atoms with E-state index in [0.717, 1.165) is 19.4 Å². The molecule has 3 heteroatoms. The van der Waals surface area contributed by atoms with E-state index in [4.69, 9.17) is 9.84 Å². The number of carboxylic acids is 1. The minimum absolute atomic E-state index is 0.0547. The first-order valence-electron chi connectivity index (χ1n) is 4.89. The van der Waals surface area contributed by atoms with Crippen molar-refractivity contribution < 1.29 is 14.6 Å². The summed E-state index contributed by atoms with van der Waals surface area (Å²) in [5.74, 6) is -0.603. The smallest absolute Gasteiger partial charge is 0.307 e. The van der Waals surface area contributed by atoms with Gasteiger partial charge in [0, 0.05) is 12.5 Å². The molecular formula is C10H16O3. The predicted octanol–water partition coefficient (Wildman–Crippen LogP) is 1.52. The Morgan fingerprint density at radius 3 is 2.62 bits per heavy atom. The van der Waals surface area contributed by atoms with E-state index in [2.05, 4.69) is 0 Å². The molecule has 74 valence electrons. The van der Waals surface area contributed by atoms with E-state index < -0.39 is 5.97 Å². The van der Waals surface area contributed by atoms with Crippen LogP contribution in [0.3, 0.4) is 0 Å². The van der Waals surface area contributed by atoms with Gasteiger partial charge in [0.2, 0.25) is 0 Å². The third-order valence-corrected chi connectivity index (χ3v) is 3.54. The van der Waals surface area contributed by atoms with E-state index in [1.54, 1.807) is 0 Å². The van der Waals surface area contributed by atoms with Gasteiger partial charge in [0.1, 0.15) is 0 Å². The van der Waals surface area contributed by atoms with Crippen LogP contribution in [0, 0.1) is 17.3 Å². The van der Waals surface area contributed by atoms with Crippen LogP contribution in [-0.2, 0) is 9.53 Å². The van der Waals surface area contributed by atoms with Gasteiger partial charge in [0.15, 0.2) is 0 Å². The summed E-state index contributed by atoms with van der Waals surface area (Å²) >= 11 is 0. The maximum absolute atomic E-state index is 10.9. The third-order valence-electron chi connectivity index (χ3n) is 3.54. The van der Waals surface area contributed by atoms with Gasteiger partial charge < -0.3 is 9.84 Å². The first-order valence-corrected chi connectivity index (χ1v) is 4.89. The summed E-state index contributed by atoms with van der Waals surface area (Å²) in [6.45, 7) is 4.86. The number of rotatable bonds is 2. The summed E-state index contributed by atoms with van der Waals surface area (Å²) in [7, 11) is 0. The van der Waals surface area contributed by atoms with Crippen molar-refractivity contribution in [2.24, 2.45) is 17.3 Å². The van der Waals surface area contributed by atoms with Crippen molar-refractivity contribution in [1.29, 1.82) is 0 Å². The SMILES string of the molecule is CC1(C)C(C(=O)O)C1C1CCCO1. The molecule has 0 spiro atoms. The molecule has 1 N–H and O–H groups in total. The Morgan fingerprint density at radius 2 is 2.23 bits per heavy atom. The Balaban J connectivity index is 2.05. The quantitative estimate of drug-likeness (QED) is 0.707. The number of ether oxygens (including phenoxy) is 1. The van der Waals surface area contributed by atoms with Crippen LogP contribution < -0.4 is 0 Å². The van der Waals surface area contributed by atoms with Crippen molar-refractivity contribution >= 4 is 5.97 Å². The van der Waals surface area contributed by atoms with Crippen LogP contribution in [0.5, 0.6) is 0 Å². The van der Waals surface area contributed by atoms with Crippen molar-refractivity contribution in [3.63, 3.8) is 0 Å². The minimum Gasteiger partial charge on any atom is -0.481 e. The van der Waals surface area contributed by atoms with Gasteiger partial charge in [-0.1, -0.05) is 13.8 Å². The molecule has 3 atom stereocenters. The Kier molecular flexibility index (Phi) is 1.88. The first-order chi connectivity index (χ1) is 6.05. The molecule has 2 fully saturated rings. The van der Waals surface area contributed by atoms with E-state index in [0.29, 0.717) is 0 Å². The fraction of sp³-hybridized carbons (Fsp3) is 0.900. The number of hydrogen-bond donors (Lipinski definition) is 1. The van der Waals surface area contributed by atoms with E-state index in [1.165, 1.54) is 0 Å². The van der Waals surface area contributed by atoms with Crippen LogP contribution >= 0.6 is 0 Å². The van der Waals surface area contributed by atoms with Crippen molar-refractivity contribution in [2.75, 3.05) is 6.61 Å². The molecule has 3 nitrogen and oxygen atoms in total. The molecule has 1 aliphatic heterocycles. The van der Waals surface area contributed by atoms with E-state index in [-0.39, 0.29) is 23.4 Å². The largest absolute Gasteiger partial charge is 0.481 e. The number of hydrogen-bond acceptors (Lipinski definition) is 2. The lowest BCUT2D eigenvalue weighted by Crippen LogP contribution is -2.12. The highest BCUT2D eigenvalue weighted by atomic mass is 16.5. The minimum atomic E-state index is -0.662. The molecule has 0 aromatic heterocycles. The van der Waals surface area contributed by atoms with Gasteiger partial charge in [0.25, 0.3) is 0 Å². The lowest BCUT2D eigenvalue weighted by Gasteiger charge is -2.09. The fourth-order valence-electron chi connectivity index (χ4n) is 2.73. The Bertz CT molecular complexity index is 228. The van der Waals surface area contributed by atoms with E-state index in [9.17, 15) is 4.79 Å².